The first-order chi connectivity index (χ1) is 16.6. The van der Waals surface area contributed by atoms with E-state index in [1.165, 1.54) is 6.07 Å². The van der Waals surface area contributed by atoms with Gasteiger partial charge in [0.2, 0.25) is 17.1 Å². The first-order valence-corrected chi connectivity index (χ1v) is 10.6. The minimum Gasteiger partial charge on any atom is -0.487 e. The number of rotatable bonds is 8. The Morgan fingerprint density at radius 1 is 1.06 bits per heavy atom. The first kappa shape index (κ1) is 21.3. The van der Waals surface area contributed by atoms with Crippen LogP contribution in [0.4, 0.5) is 0 Å². The van der Waals surface area contributed by atoms with Crippen LogP contribution in [0.25, 0.3) is 16.6 Å². The van der Waals surface area contributed by atoms with Crippen LogP contribution in [0.1, 0.15) is 24.3 Å². The lowest BCUT2D eigenvalue weighted by molar-refractivity contribution is 0.285. The summed E-state index contributed by atoms with van der Waals surface area (Å²) in [5, 5.41) is 13.3. The van der Waals surface area contributed by atoms with Crippen molar-refractivity contribution in [2.24, 2.45) is 0 Å². The molecule has 0 aliphatic heterocycles. The van der Waals surface area contributed by atoms with Crippen LogP contribution in [0.2, 0.25) is 0 Å². The van der Waals surface area contributed by atoms with Crippen molar-refractivity contribution in [2.75, 3.05) is 0 Å². The number of hydrogen-bond donors (Lipinski definition) is 0. The Kier molecular flexibility index (Phi) is 5.73. The van der Waals surface area contributed by atoms with Crippen molar-refractivity contribution in [3.8, 4) is 17.2 Å². The number of fused-ring (bicyclic) bond motifs is 1. The third-order valence-electron chi connectivity index (χ3n) is 5.03. The summed E-state index contributed by atoms with van der Waals surface area (Å²) >= 11 is 0. The predicted octanol–water partition coefficient (Wildman–Crippen LogP) is 2.85. The summed E-state index contributed by atoms with van der Waals surface area (Å²) < 4.78 is 19.9. The van der Waals surface area contributed by atoms with Crippen molar-refractivity contribution < 1.29 is 14.0 Å². The largest absolute Gasteiger partial charge is 0.487 e. The Bertz CT molecular complexity index is 1500. The van der Waals surface area contributed by atoms with E-state index in [0.717, 1.165) is 23.1 Å². The van der Waals surface area contributed by atoms with Crippen molar-refractivity contribution in [2.45, 2.75) is 33.6 Å². The molecule has 172 valence electrons. The highest BCUT2D eigenvalue weighted by Crippen LogP contribution is 2.24. The van der Waals surface area contributed by atoms with Crippen LogP contribution >= 0.6 is 0 Å². The topological polar surface area (TPSA) is 123 Å². The van der Waals surface area contributed by atoms with Crippen molar-refractivity contribution >= 4 is 10.9 Å². The van der Waals surface area contributed by atoms with E-state index in [1.54, 1.807) is 40.9 Å². The number of benzene rings is 1. The molecule has 4 aromatic heterocycles. The Balaban J connectivity index is 1.30. The molecule has 0 aliphatic carbocycles. The highest BCUT2D eigenvalue weighted by Gasteiger charge is 2.09. The molecule has 4 heterocycles. The van der Waals surface area contributed by atoms with E-state index in [9.17, 15) is 4.79 Å². The number of pyridine rings is 1. The van der Waals surface area contributed by atoms with Gasteiger partial charge in [-0.1, -0.05) is 5.16 Å². The maximum absolute atomic E-state index is 12.3. The monoisotopic (exact) mass is 459 g/mol. The van der Waals surface area contributed by atoms with Crippen LogP contribution in [0, 0.1) is 6.92 Å². The molecule has 0 aliphatic rings. The third kappa shape index (κ3) is 4.63. The Labute approximate surface area is 193 Å². The van der Waals surface area contributed by atoms with Gasteiger partial charge in [-0.05, 0) is 31.2 Å². The van der Waals surface area contributed by atoms with Gasteiger partial charge in [-0.2, -0.15) is 15.2 Å². The molecule has 34 heavy (non-hydrogen) atoms. The summed E-state index contributed by atoms with van der Waals surface area (Å²) in [7, 11) is 0. The van der Waals surface area contributed by atoms with Gasteiger partial charge in [-0.15, -0.1) is 0 Å². The minimum absolute atomic E-state index is 0.0217. The zero-order chi connectivity index (χ0) is 23.5. The molecule has 0 unspecified atom stereocenters. The fourth-order valence-electron chi connectivity index (χ4n) is 3.29. The maximum Gasteiger partial charge on any atom is 0.223 e. The van der Waals surface area contributed by atoms with E-state index >= 15 is 0 Å². The van der Waals surface area contributed by atoms with E-state index < -0.39 is 0 Å². The molecule has 0 bridgehead atoms. The van der Waals surface area contributed by atoms with E-state index in [-0.39, 0.29) is 24.3 Å². The van der Waals surface area contributed by atoms with Gasteiger partial charge in [-0.3, -0.25) is 14.5 Å². The van der Waals surface area contributed by atoms with Gasteiger partial charge in [0.25, 0.3) is 0 Å². The maximum atomic E-state index is 12.3. The van der Waals surface area contributed by atoms with E-state index in [2.05, 4.69) is 25.3 Å². The summed E-state index contributed by atoms with van der Waals surface area (Å²) in [4.78, 5) is 20.8. The molecule has 0 N–H and O–H groups in total. The second kappa shape index (κ2) is 9.14. The van der Waals surface area contributed by atoms with Gasteiger partial charge in [0, 0.05) is 31.1 Å². The fourth-order valence-corrected chi connectivity index (χ4v) is 3.29. The normalized spacial score (nSPS) is 11.1. The second-order valence-corrected chi connectivity index (χ2v) is 7.46. The third-order valence-corrected chi connectivity index (χ3v) is 5.03. The molecule has 11 heteroatoms. The summed E-state index contributed by atoms with van der Waals surface area (Å²) in [6, 6.07) is 8.79. The average molecular weight is 459 g/mol. The molecule has 11 nitrogen and oxygen atoms in total. The van der Waals surface area contributed by atoms with E-state index in [4.69, 9.17) is 14.0 Å². The predicted molar refractivity (Wildman–Crippen MR) is 121 cm³/mol. The average Bonchev–Trinajstić information content (AvgIpc) is 3.51. The molecule has 5 rings (SSSR count). The first-order valence-electron chi connectivity index (χ1n) is 10.6. The van der Waals surface area contributed by atoms with E-state index in [0.29, 0.717) is 23.2 Å². The number of aryl methyl sites for hydroxylation is 2. The number of nitrogens with zero attached hydrogens (tertiary/aromatic N) is 7. The van der Waals surface area contributed by atoms with Gasteiger partial charge >= 0.3 is 0 Å². The van der Waals surface area contributed by atoms with E-state index in [1.807, 2.05) is 31.3 Å². The summed E-state index contributed by atoms with van der Waals surface area (Å²) in [6.45, 7) is 4.65. The second-order valence-electron chi connectivity index (χ2n) is 7.46. The SMILES string of the molecule is CCn1cc(-n2ccc(=O)c(COc3ccc4ncc(OCc5noc(C)n5)cc4c3)n2)cn1. The molecule has 0 fully saturated rings. The van der Waals surface area contributed by atoms with Crippen molar-refractivity contribution in [3.05, 3.63) is 82.8 Å². The Morgan fingerprint density at radius 2 is 1.91 bits per heavy atom. The van der Waals surface area contributed by atoms with Crippen molar-refractivity contribution in [1.29, 1.82) is 0 Å². The zero-order valence-corrected chi connectivity index (χ0v) is 18.6. The van der Waals surface area contributed by atoms with Gasteiger partial charge in [0.15, 0.2) is 6.61 Å². The van der Waals surface area contributed by atoms with Gasteiger partial charge in [-0.25, -0.2) is 4.68 Å². The molecule has 0 spiro atoms. The summed E-state index contributed by atoms with van der Waals surface area (Å²) in [5.41, 5.74) is 1.64. The quantitative estimate of drug-likeness (QED) is 0.344. The highest BCUT2D eigenvalue weighted by atomic mass is 16.5. The molecule has 0 saturated carbocycles. The molecule has 5 aromatic rings. The Hall–Kier alpha value is -4.54. The molecule has 1 aromatic carbocycles. The Morgan fingerprint density at radius 3 is 2.71 bits per heavy atom. The molecule has 0 saturated heterocycles. The van der Waals surface area contributed by atoms with Crippen molar-refractivity contribution in [3.63, 3.8) is 0 Å². The van der Waals surface area contributed by atoms with Gasteiger partial charge in [0.05, 0.1) is 24.1 Å². The molecular formula is C23H21N7O4. The standard InChI is InChI=1S/C23H21N7O4/c1-3-29-12-17(10-25-29)30-7-6-22(31)21(27-30)13-32-18-4-5-20-16(8-18)9-19(11-24-20)33-14-23-26-15(2)34-28-23/h4-12H,3,13-14H2,1-2H3. The lowest BCUT2D eigenvalue weighted by Gasteiger charge is -2.09. The minimum atomic E-state index is -0.200. The van der Waals surface area contributed by atoms with Crippen LogP contribution in [0.15, 0.2) is 64.4 Å². The summed E-state index contributed by atoms with van der Waals surface area (Å²) in [5.74, 6) is 2.08. The van der Waals surface area contributed by atoms with Crippen LogP contribution < -0.4 is 14.9 Å². The van der Waals surface area contributed by atoms with Crippen LogP contribution in [-0.2, 0) is 19.8 Å². The van der Waals surface area contributed by atoms with Crippen LogP contribution in [0.5, 0.6) is 11.5 Å². The number of hydrogen-bond acceptors (Lipinski definition) is 9. The smallest absolute Gasteiger partial charge is 0.223 e. The summed E-state index contributed by atoms with van der Waals surface area (Å²) in [6.07, 6.45) is 6.80. The van der Waals surface area contributed by atoms with Crippen LogP contribution in [-0.4, -0.2) is 34.7 Å². The molecular weight excluding hydrogens is 438 g/mol. The lowest BCUT2D eigenvalue weighted by atomic mass is 10.2. The number of aromatic nitrogens is 7. The highest BCUT2D eigenvalue weighted by molar-refractivity contribution is 5.81. The molecule has 0 atom stereocenters. The molecule has 0 amide bonds. The molecule has 0 radical (unpaired) electrons. The van der Waals surface area contributed by atoms with Crippen LogP contribution in [0.3, 0.4) is 0 Å². The zero-order valence-electron chi connectivity index (χ0n) is 18.6. The lowest BCUT2D eigenvalue weighted by Crippen LogP contribution is -2.17. The van der Waals surface area contributed by atoms with Gasteiger partial charge < -0.3 is 14.0 Å². The van der Waals surface area contributed by atoms with Gasteiger partial charge in [0.1, 0.15) is 29.5 Å². The van der Waals surface area contributed by atoms with Crippen molar-refractivity contribution in [1.82, 2.24) is 34.7 Å². The fraction of sp³-hybridized carbons (Fsp3) is 0.217. The number of ether oxygens (including phenoxy) is 2.